The average molecular weight is 227 g/mol. The summed E-state index contributed by atoms with van der Waals surface area (Å²) >= 11 is 6.09. The minimum Gasteiger partial charge on any atom is -0.396 e. The molecule has 1 nitrogen and oxygen atoms in total. The van der Waals surface area contributed by atoms with E-state index in [4.69, 9.17) is 11.6 Å². The number of aliphatic hydroxyl groups is 1. The van der Waals surface area contributed by atoms with Crippen molar-refractivity contribution in [2.45, 2.75) is 26.7 Å². The van der Waals surface area contributed by atoms with Gasteiger partial charge in [0.25, 0.3) is 0 Å². The Bertz CT molecular complexity index is 298. The minimum atomic E-state index is 0.236. The van der Waals surface area contributed by atoms with Crippen LogP contribution in [0.15, 0.2) is 24.3 Å². The molecule has 0 saturated carbocycles. The molecule has 2 atom stereocenters. The maximum Gasteiger partial charge on any atom is 0.0465 e. The molecular formula is C13H19ClO. The van der Waals surface area contributed by atoms with Crippen LogP contribution in [0.5, 0.6) is 0 Å². The maximum absolute atomic E-state index is 9.34. The summed E-state index contributed by atoms with van der Waals surface area (Å²) in [5.74, 6) is 0.848. The minimum absolute atomic E-state index is 0.236. The van der Waals surface area contributed by atoms with Crippen LogP contribution < -0.4 is 0 Å². The Morgan fingerprint density at radius 1 is 1.33 bits per heavy atom. The molecule has 1 N–H and O–H groups in total. The van der Waals surface area contributed by atoms with E-state index in [1.54, 1.807) is 0 Å². The Morgan fingerprint density at radius 2 is 2.00 bits per heavy atom. The van der Waals surface area contributed by atoms with Gasteiger partial charge in [-0.2, -0.15) is 0 Å². The Morgan fingerprint density at radius 3 is 2.53 bits per heavy atom. The normalized spacial score (nSPS) is 14.9. The van der Waals surface area contributed by atoms with Crippen molar-refractivity contribution in [3.63, 3.8) is 0 Å². The van der Waals surface area contributed by atoms with Gasteiger partial charge in [0.15, 0.2) is 0 Å². The van der Waals surface area contributed by atoms with Crippen LogP contribution in [0.4, 0.5) is 0 Å². The van der Waals surface area contributed by atoms with E-state index in [0.717, 1.165) is 23.4 Å². The Kier molecular flexibility index (Phi) is 5.13. The van der Waals surface area contributed by atoms with Crippen molar-refractivity contribution in [2.24, 2.45) is 11.8 Å². The molecule has 0 aliphatic carbocycles. The van der Waals surface area contributed by atoms with Crippen molar-refractivity contribution >= 4 is 11.6 Å². The summed E-state index contributed by atoms with van der Waals surface area (Å²) in [6.45, 7) is 4.57. The standard InChI is InChI=1S/C13H19ClO/c1-3-10(2)12(9-15)8-11-6-4-5-7-13(11)14/h4-7,10,12,15H,3,8-9H2,1-2H3. The van der Waals surface area contributed by atoms with E-state index in [2.05, 4.69) is 13.8 Å². The molecule has 1 aromatic rings. The summed E-state index contributed by atoms with van der Waals surface area (Å²) in [6.07, 6.45) is 1.96. The van der Waals surface area contributed by atoms with Gasteiger partial charge in [-0.15, -0.1) is 0 Å². The first-order chi connectivity index (χ1) is 7.19. The summed E-state index contributed by atoms with van der Waals surface area (Å²) in [6, 6.07) is 7.87. The van der Waals surface area contributed by atoms with Crippen molar-refractivity contribution in [1.29, 1.82) is 0 Å². The van der Waals surface area contributed by atoms with Crippen molar-refractivity contribution in [3.8, 4) is 0 Å². The zero-order valence-electron chi connectivity index (χ0n) is 9.41. The average Bonchev–Trinajstić information content (AvgIpc) is 2.27. The van der Waals surface area contributed by atoms with E-state index in [0.29, 0.717) is 11.8 Å². The lowest BCUT2D eigenvalue weighted by Gasteiger charge is -2.21. The van der Waals surface area contributed by atoms with Gasteiger partial charge >= 0.3 is 0 Å². The summed E-state index contributed by atoms with van der Waals surface area (Å²) in [4.78, 5) is 0. The Labute approximate surface area is 97.1 Å². The molecule has 0 aromatic heterocycles. The highest BCUT2D eigenvalue weighted by Gasteiger charge is 2.16. The number of rotatable bonds is 5. The predicted octanol–water partition coefficient (Wildman–Crippen LogP) is 3.54. The third-order valence-corrected chi connectivity index (χ3v) is 3.49. The van der Waals surface area contributed by atoms with Crippen LogP contribution in [0.3, 0.4) is 0 Å². The molecule has 0 aliphatic rings. The highest BCUT2D eigenvalue weighted by molar-refractivity contribution is 6.31. The number of hydrogen-bond donors (Lipinski definition) is 1. The van der Waals surface area contributed by atoms with Gasteiger partial charge in [-0.25, -0.2) is 0 Å². The third-order valence-electron chi connectivity index (χ3n) is 3.12. The number of aliphatic hydroxyl groups excluding tert-OH is 1. The second-order valence-electron chi connectivity index (χ2n) is 4.12. The van der Waals surface area contributed by atoms with Gasteiger partial charge in [-0.3, -0.25) is 0 Å². The molecule has 0 spiro atoms. The van der Waals surface area contributed by atoms with Crippen LogP contribution in [0, 0.1) is 11.8 Å². The summed E-state index contributed by atoms with van der Waals surface area (Å²) in [7, 11) is 0. The first kappa shape index (κ1) is 12.5. The second-order valence-corrected chi connectivity index (χ2v) is 4.53. The zero-order chi connectivity index (χ0) is 11.3. The van der Waals surface area contributed by atoms with E-state index in [1.807, 2.05) is 24.3 Å². The van der Waals surface area contributed by atoms with Crippen molar-refractivity contribution in [1.82, 2.24) is 0 Å². The van der Waals surface area contributed by atoms with E-state index >= 15 is 0 Å². The molecule has 0 radical (unpaired) electrons. The second kappa shape index (κ2) is 6.14. The molecule has 15 heavy (non-hydrogen) atoms. The topological polar surface area (TPSA) is 20.2 Å². The SMILES string of the molecule is CCC(C)C(CO)Cc1ccccc1Cl. The Hall–Kier alpha value is -0.530. The number of halogens is 1. The highest BCUT2D eigenvalue weighted by Crippen LogP contribution is 2.24. The first-order valence-electron chi connectivity index (χ1n) is 5.53. The molecule has 0 heterocycles. The van der Waals surface area contributed by atoms with Crippen LogP contribution >= 0.6 is 11.6 Å². The van der Waals surface area contributed by atoms with Crippen molar-refractivity contribution in [2.75, 3.05) is 6.61 Å². The fourth-order valence-electron chi connectivity index (χ4n) is 1.73. The van der Waals surface area contributed by atoms with Crippen LogP contribution in [0.2, 0.25) is 5.02 Å². The Balaban J connectivity index is 2.71. The van der Waals surface area contributed by atoms with Crippen LogP contribution in [0.1, 0.15) is 25.8 Å². The monoisotopic (exact) mass is 226 g/mol. The molecule has 2 unspecified atom stereocenters. The number of benzene rings is 1. The first-order valence-corrected chi connectivity index (χ1v) is 5.91. The molecular weight excluding hydrogens is 208 g/mol. The maximum atomic E-state index is 9.34. The third kappa shape index (κ3) is 3.51. The summed E-state index contributed by atoms with van der Waals surface area (Å²) in [5, 5.41) is 10.1. The van der Waals surface area contributed by atoms with Gasteiger partial charge in [0.2, 0.25) is 0 Å². The van der Waals surface area contributed by atoms with Crippen LogP contribution in [0.25, 0.3) is 0 Å². The fraction of sp³-hybridized carbons (Fsp3) is 0.538. The zero-order valence-corrected chi connectivity index (χ0v) is 10.2. The largest absolute Gasteiger partial charge is 0.396 e. The summed E-state index contributed by atoms with van der Waals surface area (Å²) in [5.41, 5.74) is 1.14. The highest BCUT2D eigenvalue weighted by atomic mass is 35.5. The van der Waals surface area contributed by atoms with E-state index in [-0.39, 0.29) is 6.61 Å². The lowest BCUT2D eigenvalue weighted by molar-refractivity contribution is 0.179. The molecule has 0 saturated heterocycles. The number of hydrogen-bond acceptors (Lipinski definition) is 1. The van der Waals surface area contributed by atoms with E-state index < -0.39 is 0 Å². The molecule has 0 aliphatic heterocycles. The molecule has 0 amide bonds. The van der Waals surface area contributed by atoms with Gasteiger partial charge in [0, 0.05) is 11.6 Å². The fourth-order valence-corrected chi connectivity index (χ4v) is 1.94. The molecule has 2 heteroatoms. The van der Waals surface area contributed by atoms with Gasteiger partial charge in [-0.1, -0.05) is 50.1 Å². The smallest absolute Gasteiger partial charge is 0.0465 e. The molecule has 0 bridgehead atoms. The molecule has 84 valence electrons. The molecule has 1 aromatic carbocycles. The van der Waals surface area contributed by atoms with Crippen LogP contribution in [-0.4, -0.2) is 11.7 Å². The van der Waals surface area contributed by atoms with Crippen molar-refractivity contribution < 1.29 is 5.11 Å². The quantitative estimate of drug-likeness (QED) is 0.815. The van der Waals surface area contributed by atoms with Gasteiger partial charge in [0.1, 0.15) is 0 Å². The van der Waals surface area contributed by atoms with Gasteiger partial charge in [-0.05, 0) is 29.9 Å². The van der Waals surface area contributed by atoms with Crippen molar-refractivity contribution in [3.05, 3.63) is 34.9 Å². The van der Waals surface area contributed by atoms with E-state index in [1.165, 1.54) is 0 Å². The summed E-state index contributed by atoms with van der Waals surface area (Å²) < 4.78 is 0. The van der Waals surface area contributed by atoms with Gasteiger partial charge in [0.05, 0.1) is 0 Å². The predicted molar refractivity (Wildman–Crippen MR) is 65.2 cm³/mol. The molecule has 0 fully saturated rings. The van der Waals surface area contributed by atoms with Gasteiger partial charge < -0.3 is 5.11 Å². The lowest BCUT2D eigenvalue weighted by atomic mass is 9.87. The van der Waals surface area contributed by atoms with Crippen LogP contribution in [-0.2, 0) is 6.42 Å². The lowest BCUT2D eigenvalue weighted by Crippen LogP contribution is -2.18. The molecule has 1 rings (SSSR count). The van der Waals surface area contributed by atoms with E-state index in [9.17, 15) is 5.11 Å².